The lowest BCUT2D eigenvalue weighted by Crippen LogP contribution is -2.29. The second-order valence-corrected chi connectivity index (χ2v) is 4.53. The monoisotopic (exact) mass is 290 g/mol. The number of nitrogens with two attached hydrogens (primary N) is 1. The van der Waals surface area contributed by atoms with Crippen LogP contribution in [0, 0.1) is 5.82 Å². The van der Waals surface area contributed by atoms with Gasteiger partial charge in [0.1, 0.15) is 18.2 Å². The first-order valence-electron chi connectivity index (χ1n) is 6.68. The van der Waals surface area contributed by atoms with Gasteiger partial charge in [-0.3, -0.25) is 5.84 Å². The maximum absolute atomic E-state index is 13.4. The highest BCUT2D eigenvalue weighted by molar-refractivity contribution is 5.41. The lowest BCUT2D eigenvalue weighted by Gasteiger charge is -2.20. The van der Waals surface area contributed by atoms with E-state index in [2.05, 4.69) is 5.43 Å². The molecule has 2 rings (SSSR count). The van der Waals surface area contributed by atoms with Crippen molar-refractivity contribution in [1.82, 2.24) is 5.43 Å². The lowest BCUT2D eigenvalue weighted by atomic mass is 9.98. The molecule has 112 valence electrons. The Morgan fingerprint density at radius 2 is 1.95 bits per heavy atom. The fraction of sp³-hybridized carbons (Fsp3) is 0.250. The summed E-state index contributed by atoms with van der Waals surface area (Å²) in [5.41, 5.74) is 4.30. The van der Waals surface area contributed by atoms with Crippen LogP contribution in [0.25, 0.3) is 0 Å². The highest BCUT2D eigenvalue weighted by atomic mass is 19.1. The predicted octanol–water partition coefficient (Wildman–Crippen LogP) is 2.40. The second kappa shape index (κ2) is 7.73. The van der Waals surface area contributed by atoms with Crippen LogP contribution in [0.15, 0.2) is 48.5 Å². The molecule has 0 heterocycles. The summed E-state index contributed by atoms with van der Waals surface area (Å²) in [6.07, 6.45) is 0. The van der Waals surface area contributed by atoms with Crippen LogP contribution < -0.4 is 16.0 Å². The largest absolute Gasteiger partial charge is 0.491 e. The third-order valence-electron chi connectivity index (χ3n) is 3.12. The quantitative estimate of drug-likeness (QED) is 0.467. The van der Waals surface area contributed by atoms with Crippen LogP contribution in [0.3, 0.4) is 0 Å². The van der Waals surface area contributed by atoms with Gasteiger partial charge in [0.25, 0.3) is 0 Å². The molecule has 1 unspecified atom stereocenters. The molecule has 2 aromatic carbocycles. The van der Waals surface area contributed by atoms with Gasteiger partial charge in [-0.05, 0) is 23.8 Å². The van der Waals surface area contributed by atoms with Gasteiger partial charge in [-0.1, -0.05) is 30.3 Å². The topological polar surface area (TPSA) is 56.5 Å². The molecule has 0 spiro atoms. The molecule has 0 saturated carbocycles. The van der Waals surface area contributed by atoms with E-state index in [9.17, 15) is 4.39 Å². The average molecular weight is 290 g/mol. The Labute approximate surface area is 123 Å². The normalized spacial score (nSPS) is 12.1. The van der Waals surface area contributed by atoms with Crippen molar-refractivity contribution < 1.29 is 13.9 Å². The van der Waals surface area contributed by atoms with Crippen LogP contribution >= 0.6 is 0 Å². The van der Waals surface area contributed by atoms with Gasteiger partial charge in [0, 0.05) is 12.7 Å². The Morgan fingerprint density at radius 3 is 2.67 bits per heavy atom. The van der Waals surface area contributed by atoms with E-state index < -0.39 is 0 Å². The maximum Gasteiger partial charge on any atom is 0.124 e. The summed E-state index contributed by atoms with van der Waals surface area (Å²) in [6.45, 7) is 0.934. The summed E-state index contributed by atoms with van der Waals surface area (Å²) in [5, 5.41) is 0. The zero-order chi connectivity index (χ0) is 15.1. The summed E-state index contributed by atoms with van der Waals surface area (Å²) in [5.74, 6) is 6.05. The molecular weight excluding hydrogens is 271 g/mol. The highest BCUT2D eigenvalue weighted by Gasteiger charge is 2.17. The van der Waals surface area contributed by atoms with Crippen molar-refractivity contribution in [3.8, 4) is 5.75 Å². The fourth-order valence-corrected chi connectivity index (χ4v) is 2.14. The van der Waals surface area contributed by atoms with E-state index >= 15 is 0 Å². The Balaban J connectivity index is 2.29. The van der Waals surface area contributed by atoms with E-state index in [1.807, 2.05) is 30.3 Å². The number of benzene rings is 2. The van der Waals surface area contributed by atoms with Gasteiger partial charge in [-0.2, -0.15) is 0 Å². The van der Waals surface area contributed by atoms with Gasteiger partial charge in [0.05, 0.1) is 12.6 Å². The van der Waals surface area contributed by atoms with Gasteiger partial charge in [0.2, 0.25) is 0 Å². The minimum Gasteiger partial charge on any atom is -0.491 e. The van der Waals surface area contributed by atoms with E-state index in [0.29, 0.717) is 19.0 Å². The Morgan fingerprint density at radius 1 is 1.14 bits per heavy atom. The zero-order valence-electron chi connectivity index (χ0n) is 11.9. The fourth-order valence-electron chi connectivity index (χ4n) is 2.14. The van der Waals surface area contributed by atoms with Crippen LogP contribution in [0.5, 0.6) is 5.75 Å². The number of nitrogens with one attached hydrogen (secondary N) is 1. The SMILES string of the molecule is COCCOc1ccccc1C(NN)c1cccc(F)c1. The van der Waals surface area contributed by atoms with Crippen LogP contribution in [-0.2, 0) is 4.74 Å². The van der Waals surface area contributed by atoms with Crippen molar-refractivity contribution in [1.29, 1.82) is 0 Å². The van der Waals surface area contributed by atoms with Crippen molar-refractivity contribution in [2.75, 3.05) is 20.3 Å². The molecule has 0 aliphatic carbocycles. The molecule has 0 amide bonds. The van der Waals surface area contributed by atoms with E-state index in [-0.39, 0.29) is 11.9 Å². The van der Waals surface area contributed by atoms with Crippen molar-refractivity contribution in [2.24, 2.45) is 5.84 Å². The Bertz CT molecular complexity index is 578. The second-order valence-electron chi connectivity index (χ2n) is 4.53. The molecule has 0 radical (unpaired) electrons. The molecule has 1 atom stereocenters. The number of para-hydroxylation sites is 1. The zero-order valence-corrected chi connectivity index (χ0v) is 11.9. The van der Waals surface area contributed by atoms with Gasteiger partial charge in [-0.15, -0.1) is 0 Å². The molecule has 21 heavy (non-hydrogen) atoms. The van der Waals surface area contributed by atoms with E-state index in [1.54, 1.807) is 13.2 Å². The number of hydrogen-bond donors (Lipinski definition) is 2. The molecule has 0 aliphatic heterocycles. The van der Waals surface area contributed by atoms with Gasteiger partial charge in [-0.25, -0.2) is 9.82 Å². The predicted molar refractivity (Wildman–Crippen MR) is 79.4 cm³/mol. The lowest BCUT2D eigenvalue weighted by molar-refractivity contribution is 0.145. The molecular formula is C16H19FN2O2. The van der Waals surface area contributed by atoms with Crippen molar-refractivity contribution in [2.45, 2.75) is 6.04 Å². The molecule has 4 nitrogen and oxygen atoms in total. The molecule has 0 fully saturated rings. The highest BCUT2D eigenvalue weighted by Crippen LogP contribution is 2.29. The van der Waals surface area contributed by atoms with Crippen LogP contribution in [-0.4, -0.2) is 20.3 Å². The summed E-state index contributed by atoms with van der Waals surface area (Å²) in [4.78, 5) is 0. The molecule has 2 aromatic rings. The summed E-state index contributed by atoms with van der Waals surface area (Å²) in [6, 6.07) is 13.5. The van der Waals surface area contributed by atoms with Crippen LogP contribution in [0.4, 0.5) is 4.39 Å². The minimum absolute atomic E-state index is 0.300. The summed E-state index contributed by atoms with van der Waals surface area (Å²) < 4.78 is 24.1. The van der Waals surface area contributed by atoms with Crippen LogP contribution in [0.2, 0.25) is 0 Å². The molecule has 0 aromatic heterocycles. The Kier molecular flexibility index (Phi) is 5.68. The molecule has 3 N–H and O–H groups in total. The van der Waals surface area contributed by atoms with Crippen molar-refractivity contribution in [3.63, 3.8) is 0 Å². The van der Waals surface area contributed by atoms with Gasteiger partial charge in [0.15, 0.2) is 0 Å². The number of hydrazine groups is 1. The number of halogens is 1. The number of ether oxygens (including phenoxy) is 2. The molecule has 0 bridgehead atoms. The number of methoxy groups -OCH3 is 1. The standard InChI is InChI=1S/C16H19FN2O2/c1-20-9-10-21-15-8-3-2-7-14(15)16(19-18)12-5-4-6-13(17)11-12/h2-8,11,16,19H,9-10,18H2,1H3. The first kappa shape index (κ1) is 15.4. The van der Waals surface area contributed by atoms with Crippen molar-refractivity contribution >= 4 is 0 Å². The molecule has 0 saturated heterocycles. The number of hydrogen-bond acceptors (Lipinski definition) is 4. The average Bonchev–Trinajstić information content (AvgIpc) is 2.50. The van der Waals surface area contributed by atoms with Gasteiger partial charge >= 0.3 is 0 Å². The first-order valence-corrected chi connectivity index (χ1v) is 6.68. The smallest absolute Gasteiger partial charge is 0.124 e. The minimum atomic E-state index is -0.348. The van der Waals surface area contributed by atoms with Gasteiger partial charge < -0.3 is 9.47 Å². The Hall–Kier alpha value is -1.95. The first-order chi connectivity index (χ1) is 10.3. The number of rotatable bonds is 7. The third-order valence-corrected chi connectivity index (χ3v) is 3.12. The van der Waals surface area contributed by atoms with E-state index in [1.165, 1.54) is 12.1 Å². The van der Waals surface area contributed by atoms with E-state index in [4.69, 9.17) is 15.3 Å². The third kappa shape index (κ3) is 4.01. The van der Waals surface area contributed by atoms with Crippen molar-refractivity contribution in [3.05, 3.63) is 65.5 Å². The summed E-state index contributed by atoms with van der Waals surface area (Å²) in [7, 11) is 1.62. The molecule has 5 heteroatoms. The summed E-state index contributed by atoms with van der Waals surface area (Å²) >= 11 is 0. The van der Waals surface area contributed by atoms with Crippen LogP contribution in [0.1, 0.15) is 17.2 Å². The molecule has 0 aliphatic rings. The van der Waals surface area contributed by atoms with E-state index in [0.717, 1.165) is 11.1 Å². The maximum atomic E-state index is 13.4.